The van der Waals surface area contributed by atoms with Crippen molar-refractivity contribution in [3.05, 3.63) is 11.1 Å². The van der Waals surface area contributed by atoms with Gasteiger partial charge in [0, 0.05) is 20.4 Å². The van der Waals surface area contributed by atoms with E-state index in [1.54, 1.807) is 0 Å². The molecule has 1 spiro atoms. The summed E-state index contributed by atoms with van der Waals surface area (Å²) in [5.41, 5.74) is -0.529. The van der Waals surface area contributed by atoms with E-state index in [0.717, 1.165) is 24.0 Å². The van der Waals surface area contributed by atoms with Crippen LogP contribution in [0.2, 0.25) is 0 Å². The van der Waals surface area contributed by atoms with E-state index in [4.69, 9.17) is 14.2 Å². The number of imide groups is 1. The number of nitrogens with zero attached hydrogens (tertiary/aromatic N) is 1. The molecule has 4 fully saturated rings. The van der Waals surface area contributed by atoms with Crippen molar-refractivity contribution >= 4 is 29.7 Å². The molecule has 0 aromatic carbocycles. The Labute approximate surface area is 210 Å². The van der Waals surface area contributed by atoms with Gasteiger partial charge in [-0.25, -0.2) is 0 Å². The zero-order chi connectivity index (χ0) is 26.0. The molecule has 1 saturated carbocycles. The number of ether oxygens (including phenoxy) is 3. The van der Waals surface area contributed by atoms with Crippen molar-refractivity contribution in [2.75, 3.05) is 20.3 Å². The summed E-state index contributed by atoms with van der Waals surface area (Å²) >= 11 is 0. The van der Waals surface area contributed by atoms with Gasteiger partial charge < -0.3 is 14.2 Å². The summed E-state index contributed by atoms with van der Waals surface area (Å²) in [5, 5.41) is 0. The van der Waals surface area contributed by atoms with Crippen LogP contribution in [0, 0.1) is 34.5 Å². The van der Waals surface area contributed by atoms with E-state index in [1.165, 1.54) is 25.9 Å². The predicted octanol–water partition coefficient (Wildman–Crippen LogP) is 2.56. The maximum absolute atomic E-state index is 14.7. The van der Waals surface area contributed by atoms with Crippen LogP contribution in [-0.4, -0.2) is 61.0 Å². The van der Waals surface area contributed by atoms with Crippen molar-refractivity contribution in [2.24, 2.45) is 34.5 Å². The number of amides is 2. The molecule has 36 heavy (non-hydrogen) atoms. The summed E-state index contributed by atoms with van der Waals surface area (Å²) in [5.74, 6) is -3.46. The molecule has 196 valence electrons. The predicted molar refractivity (Wildman–Crippen MR) is 125 cm³/mol. The van der Waals surface area contributed by atoms with E-state index in [2.05, 4.69) is 0 Å². The minimum Gasteiger partial charge on any atom is -0.469 e. The SMILES string of the molecule is COC(=O)[C@@H]1C[C@]23C(=O)N4C[C@@H](C)CC[C@@H](OC(C)=O)[C@@]2(COC(C)=O)[C@H](CCC2=C3[C@@H]1CC2)C4=O. The minimum absolute atomic E-state index is 0.00247. The Morgan fingerprint density at radius 3 is 2.42 bits per heavy atom. The molecule has 2 amide bonds. The molecule has 3 aliphatic heterocycles. The summed E-state index contributed by atoms with van der Waals surface area (Å²) in [6, 6.07) is 0. The number of carbonyl (C=O) groups is 5. The molecule has 3 heterocycles. The molecule has 6 aliphatic rings. The molecule has 0 N–H and O–H groups in total. The molecule has 3 saturated heterocycles. The average molecular weight is 502 g/mol. The first-order chi connectivity index (χ1) is 17.1. The highest BCUT2D eigenvalue weighted by atomic mass is 16.6. The van der Waals surface area contributed by atoms with Crippen LogP contribution >= 0.6 is 0 Å². The van der Waals surface area contributed by atoms with Crippen LogP contribution in [0.4, 0.5) is 0 Å². The molecule has 3 aliphatic carbocycles. The van der Waals surface area contributed by atoms with Crippen molar-refractivity contribution in [1.29, 1.82) is 0 Å². The number of methoxy groups -OCH3 is 1. The van der Waals surface area contributed by atoms with Crippen molar-refractivity contribution in [3.8, 4) is 0 Å². The van der Waals surface area contributed by atoms with E-state index in [-0.39, 0.29) is 49.2 Å². The Morgan fingerprint density at radius 2 is 1.75 bits per heavy atom. The zero-order valence-electron chi connectivity index (χ0n) is 21.5. The van der Waals surface area contributed by atoms with Crippen LogP contribution in [0.25, 0.3) is 0 Å². The molecular weight excluding hydrogens is 466 g/mol. The van der Waals surface area contributed by atoms with Gasteiger partial charge in [-0.2, -0.15) is 0 Å². The third-order valence-corrected chi connectivity index (χ3v) is 9.62. The first-order valence-corrected chi connectivity index (χ1v) is 13.0. The molecule has 9 nitrogen and oxygen atoms in total. The molecular formula is C27H35NO8. The number of hydrogen-bond donors (Lipinski definition) is 0. The lowest BCUT2D eigenvalue weighted by molar-refractivity contribution is -0.209. The average Bonchev–Trinajstić information content (AvgIpc) is 3.38. The van der Waals surface area contributed by atoms with Crippen molar-refractivity contribution < 1.29 is 38.2 Å². The molecule has 9 heteroatoms. The van der Waals surface area contributed by atoms with Crippen LogP contribution in [0.5, 0.6) is 0 Å². The van der Waals surface area contributed by atoms with Gasteiger partial charge in [-0.3, -0.25) is 28.9 Å². The van der Waals surface area contributed by atoms with Crippen LogP contribution in [-0.2, 0) is 38.2 Å². The van der Waals surface area contributed by atoms with E-state index in [1.807, 2.05) is 6.92 Å². The van der Waals surface area contributed by atoms with Crippen molar-refractivity contribution in [2.45, 2.75) is 71.8 Å². The lowest BCUT2D eigenvalue weighted by Gasteiger charge is -2.58. The van der Waals surface area contributed by atoms with Gasteiger partial charge in [0.15, 0.2) is 0 Å². The fourth-order valence-electron chi connectivity index (χ4n) is 8.38. The van der Waals surface area contributed by atoms with Crippen molar-refractivity contribution in [3.63, 3.8) is 0 Å². The minimum atomic E-state index is -1.29. The summed E-state index contributed by atoms with van der Waals surface area (Å²) < 4.78 is 16.9. The smallest absolute Gasteiger partial charge is 0.309 e. The molecule has 0 aromatic rings. The summed E-state index contributed by atoms with van der Waals surface area (Å²) in [6.45, 7) is 4.66. The summed E-state index contributed by atoms with van der Waals surface area (Å²) in [7, 11) is 1.35. The lowest BCUT2D eigenvalue weighted by atomic mass is 9.49. The number of carbonyl (C=O) groups excluding carboxylic acids is 5. The first kappa shape index (κ1) is 25.0. The third-order valence-electron chi connectivity index (χ3n) is 9.62. The van der Waals surface area contributed by atoms with E-state index >= 15 is 0 Å². The largest absolute Gasteiger partial charge is 0.469 e. The molecule has 4 bridgehead atoms. The lowest BCUT2D eigenvalue weighted by Crippen LogP contribution is -2.70. The van der Waals surface area contributed by atoms with Gasteiger partial charge in [0.2, 0.25) is 11.8 Å². The number of esters is 3. The normalized spacial score (nSPS) is 39.1. The maximum atomic E-state index is 14.7. The number of hydrogen-bond acceptors (Lipinski definition) is 8. The van der Waals surface area contributed by atoms with Crippen LogP contribution in [0.15, 0.2) is 11.1 Å². The highest BCUT2D eigenvalue weighted by Crippen LogP contribution is 2.72. The Kier molecular flexibility index (Phi) is 6.03. The van der Waals surface area contributed by atoms with E-state index < -0.39 is 40.7 Å². The quantitative estimate of drug-likeness (QED) is 0.250. The van der Waals surface area contributed by atoms with Crippen molar-refractivity contribution in [1.82, 2.24) is 4.90 Å². The number of piperidine rings is 1. The Balaban J connectivity index is 1.84. The second kappa shape index (κ2) is 8.70. The summed E-state index contributed by atoms with van der Waals surface area (Å²) in [6.07, 6.45) is 3.00. The first-order valence-electron chi connectivity index (χ1n) is 13.0. The third kappa shape index (κ3) is 3.23. The highest BCUT2D eigenvalue weighted by Gasteiger charge is 2.77. The Morgan fingerprint density at radius 1 is 1.03 bits per heavy atom. The second-order valence-corrected chi connectivity index (χ2v) is 11.3. The Bertz CT molecular complexity index is 1060. The standard InChI is InChI=1S/C27H35NO8/c1-14-5-10-21(36-16(3)30)27(13-35-15(2)29)20-9-7-17-6-8-18-19(24(32)34-4)11-26(27,22(17)18)25(33)28(12-14)23(20)31/h14,18-21H,5-13H2,1-4H3/t14-,18+,19+,20+,21+,26-,27+/m0/s1. The monoisotopic (exact) mass is 501 g/mol. The summed E-state index contributed by atoms with van der Waals surface area (Å²) in [4.78, 5) is 67.9. The van der Waals surface area contributed by atoms with Crippen LogP contribution < -0.4 is 0 Å². The number of allylic oxidation sites excluding steroid dienone is 1. The highest BCUT2D eigenvalue weighted by molar-refractivity contribution is 6.06. The van der Waals surface area contributed by atoms with Crippen LogP contribution in [0.1, 0.15) is 65.7 Å². The van der Waals surface area contributed by atoms with Gasteiger partial charge in [-0.05, 0) is 56.8 Å². The fourth-order valence-corrected chi connectivity index (χ4v) is 8.38. The van der Waals surface area contributed by atoms with Gasteiger partial charge in [0.25, 0.3) is 0 Å². The van der Waals surface area contributed by atoms with E-state index in [9.17, 15) is 24.0 Å². The topological polar surface area (TPSA) is 116 Å². The fraction of sp³-hybridized carbons (Fsp3) is 0.741. The zero-order valence-corrected chi connectivity index (χ0v) is 21.5. The maximum Gasteiger partial charge on any atom is 0.309 e. The van der Waals surface area contributed by atoms with Gasteiger partial charge in [-0.15, -0.1) is 0 Å². The molecule has 0 unspecified atom stereocenters. The molecule has 0 aromatic heterocycles. The van der Waals surface area contributed by atoms with Crippen LogP contribution in [0.3, 0.4) is 0 Å². The van der Waals surface area contributed by atoms with Gasteiger partial charge in [-0.1, -0.05) is 18.1 Å². The second-order valence-electron chi connectivity index (χ2n) is 11.3. The van der Waals surface area contributed by atoms with Gasteiger partial charge >= 0.3 is 17.9 Å². The van der Waals surface area contributed by atoms with Gasteiger partial charge in [0.05, 0.1) is 29.8 Å². The Hall–Kier alpha value is -2.71. The molecule has 6 rings (SSSR count). The van der Waals surface area contributed by atoms with E-state index in [0.29, 0.717) is 25.7 Å². The number of fused-ring (bicyclic) bond motifs is 4. The number of rotatable bonds is 4. The molecule has 7 atom stereocenters. The molecule has 0 radical (unpaired) electrons. The van der Waals surface area contributed by atoms with Gasteiger partial charge in [0.1, 0.15) is 12.7 Å².